The zero-order valence-corrected chi connectivity index (χ0v) is 42.2. The molecule has 9 heteroatoms. The van der Waals surface area contributed by atoms with Crippen LogP contribution in [-0.4, -0.2) is 81.8 Å². The maximum absolute atomic E-state index is 12.9. The van der Waals surface area contributed by atoms with Gasteiger partial charge in [-0.3, -0.25) is 14.4 Å². The quantitative estimate of drug-likeness (QED) is 0.0456. The Morgan fingerprint density at radius 3 is 1.62 bits per heavy atom. The summed E-state index contributed by atoms with van der Waals surface area (Å²) in [7, 11) is 1.84. The third-order valence-corrected chi connectivity index (χ3v) is 13.0. The van der Waals surface area contributed by atoms with Gasteiger partial charge in [0.1, 0.15) is 18.4 Å². The molecule has 63 heavy (non-hydrogen) atoms. The summed E-state index contributed by atoms with van der Waals surface area (Å²) in [5.74, 6) is 0.687. The van der Waals surface area contributed by atoms with Crippen molar-refractivity contribution in [2.45, 2.75) is 259 Å². The number of hydrogen-bond acceptors (Lipinski definition) is 9. The Labute approximate surface area is 389 Å². The van der Waals surface area contributed by atoms with E-state index >= 15 is 0 Å². The highest BCUT2D eigenvalue weighted by Gasteiger charge is 2.20. The molecule has 1 aliphatic heterocycles. The number of nitrogens with zero attached hydrogens (tertiary/aromatic N) is 1. The number of likely N-dealkylation sites (N-methyl/N-ethyl adjacent to an activating group) is 1. The van der Waals surface area contributed by atoms with E-state index in [2.05, 4.69) is 43.2 Å². The lowest BCUT2D eigenvalue weighted by Gasteiger charge is -2.24. The Morgan fingerprint density at radius 1 is 0.556 bits per heavy atom. The van der Waals surface area contributed by atoms with Crippen LogP contribution in [0.25, 0.3) is 0 Å². The molecule has 0 amide bonds. The lowest BCUT2D eigenvalue weighted by molar-refractivity contribution is -0.150. The summed E-state index contributed by atoms with van der Waals surface area (Å²) in [5.41, 5.74) is 1.51. The van der Waals surface area contributed by atoms with Gasteiger partial charge < -0.3 is 29.7 Å². The van der Waals surface area contributed by atoms with Gasteiger partial charge in [-0.05, 0) is 89.8 Å². The number of ether oxygens (including phenoxy) is 3. The van der Waals surface area contributed by atoms with E-state index in [0.717, 1.165) is 109 Å². The summed E-state index contributed by atoms with van der Waals surface area (Å²) < 4.78 is 17.1. The van der Waals surface area contributed by atoms with Crippen LogP contribution in [0.15, 0.2) is 11.4 Å². The maximum atomic E-state index is 12.9. The van der Waals surface area contributed by atoms with Crippen LogP contribution in [-0.2, 0) is 28.6 Å². The molecule has 0 bridgehead atoms. The van der Waals surface area contributed by atoms with Crippen molar-refractivity contribution in [3.63, 3.8) is 0 Å². The number of nitrogens with one attached hydrogen (secondary N) is 2. The number of carbonyl (C=O) groups excluding carboxylic acids is 3. The minimum atomic E-state index is -0.0257. The number of hydrogen-bond donors (Lipinski definition) is 2. The summed E-state index contributed by atoms with van der Waals surface area (Å²) in [6, 6.07) is 0. The van der Waals surface area contributed by atoms with Crippen LogP contribution in [0.2, 0.25) is 0 Å². The normalized spacial score (nSPS) is 13.6. The molecule has 9 nitrogen and oxygen atoms in total. The molecule has 2 N–H and O–H groups in total. The zero-order valence-electron chi connectivity index (χ0n) is 42.2. The van der Waals surface area contributed by atoms with Crippen molar-refractivity contribution in [1.29, 1.82) is 0 Å². The summed E-state index contributed by atoms with van der Waals surface area (Å²) in [6.07, 6.45) is 40.4. The van der Waals surface area contributed by atoms with E-state index in [1.807, 2.05) is 7.05 Å². The average Bonchev–Trinajstić information content (AvgIpc) is 3.28. The lowest BCUT2D eigenvalue weighted by Crippen LogP contribution is -2.36. The van der Waals surface area contributed by atoms with Gasteiger partial charge in [0.05, 0.1) is 18.9 Å². The van der Waals surface area contributed by atoms with Crippen LogP contribution in [0, 0.1) is 5.92 Å². The van der Waals surface area contributed by atoms with E-state index in [9.17, 15) is 14.4 Å². The molecule has 0 saturated carbocycles. The first kappa shape index (κ1) is 58.9. The minimum absolute atomic E-state index is 0.0102. The Morgan fingerprint density at radius 2 is 1.05 bits per heavy atom. The first-order valence-corrected chi connectivity index (χ1v) is 27.2. The van der Waals surface area contributed by atoms with E-state index in [1.54, 1.807) is 0 Å². The van der Waals surface area contributed by atoms with Gasteiger partial charge in [0.15, 0.2) is 0 Å². The summed E-state index contributed by atoms with van der Waals surface area (Å²) >= 11 is 0. The number of esters is 2. The van der Waals surface area contributed by atoms with Crippen molar-refractivity contribution >= 4 is 17.7 Å². The monoisotopic (exact) mass is 890 g/mol. The first-order valence-electron chi connectivity index (χ1n) is 27.2. The second-order valence-electron chi connectivity index (χ2n) is 18.9. The molecule has 0 aromatic carbocycles. The van der Waals surface area contributed by atoms with E-state index in [1.165, 1.54) is 135 Å². The van der Waals surface area contributed by atoms with Crippen molar-refractivity contribution < 1.29 is 28.6 Å². The van der Waals surface area contributed by atoms with Crippen molar-refractivity contribution in [2.24, 2.45) is 5.92 Å². The highest BCUT2D eigenvalue weighted by molar-refractivity contribution is 5.97. The SMILES string of the molecule is CCCCCCCCC(CCCCCCCC)OC(=O)CCCCCCCN(CCCCCCCC(=O)OCCC(CCC)CCCCCC)CCCNC1=C(NC)COCC1=O. The molecule has 1 heterocycles. The predicted octanol–water partition coefficient (Wildman–Crippen LogP) is 13.7. The largest absolute Gasteiger partial charge is 0.466 e. The molecule has 1 rings (SSSR count). The number of carbonyl (C=O) groups is 3. The van der Waals surface area contributed by atoms with Crippen LogP contribution < -0.4 is 10.6 Å². The minimum Gasteiger partial charge on any atom is -0.466 e. The average molecular weight is 890 g/mol. The van der Waals surface area contributed by atoms with E-state index in [4.69, 9.17) is 14.2 Å². The fourth-order valence-electron chi connectivity index (χ4n) is 9.01. The highest BCUT2D eigenvalue weighted by Crippen LogP contribution is 2.21. The molecule has 0 radical (unpaired) electrons. The number of Topliss-reactive ketones (excluding diaryl/α,β-unsaturated/α-hetero) is 1. The molecular formula is C54H103N3O6. The molecule has 0 fully saturated rings. The van der Waals surface area contributed by atoms with Gasteiger partial charge in [0.25, 0.3) is 0 Å². The molecule has 1 aliphatic rings. The molecule has 370 valence electrons. The Bertz CT molecular complexity index is 1100. The Kier molecular flexibility index (Phi) is 40.9. The smallest absolute Gasteiger partial charge is 0.306 e. The van der Waals surface area contributed by atoms with Crippen LogP contribution in [0.5, 0.6) is 0 Å². The van der Waals surface area contributed by atoms with E-state index in [0.29, 0.717) is 37.7 Å². The fourth-order valence-corrected chi connectivity index (χ4v) is 9.01. The number of ketones is 1. The van der Waals surface area contributed by atoms with Crippen LogP contribution in [0.1, 0.15) is 252 Å². The standard InChI is InChI=1S/C54H103N3O6/c1-6-10-13-16-20-27-36-49(37-28-21-17-14-11-7-2)63-53(60)39-30-23-19-25-32-43-57(44-33-41-56-54-50(55-5)46-61-47-51(54)58)42-31-24-18-22-29-38-52(59)62-45-40-48(34-9-4)35-26-15-12-8-3/h48-49,55-56H,6-47H2,1-5H3. The summed E-state index contributed by atoms with van der Waals surface area (Å²) in [6.45, 7) is 14.1. The summed E-state index contributed by atoms with van der Waals surface area (Å²) in [5, 5.41) is 6.51. The second-order valence-corrected chi connectivity index (χ2v) is 18.9. The topological polar surface area (TPSA) is 106 Å². The molecular weight excluding hydrogens is 787 g/mol. The van der Waals surface area contributed by atoms with E-state index in [-0.39, 0.29) is 30.4 Å². The van der Waals surface area contributed by atoms with Gasteiger partial charge in [0, 0.05) is 26.4 Å². The van der Waals surface area contributed by atoms with E-state index < -0.39 is 0 Å². The maximum Gasteiger partial charge on any atom is 0.306 e. The van der Waals surface area contributed by atoms with Crippen molar-refractivity contribution in [3.8, 4) is 0 Å². The van der Waals surface area contributed by atoms with Crippen molar-refractivity contribution in [3.05, 3.63) is 11.4 Å². The van der Waals surface area contributed by atoms with Gasteiger partial charge in [-0.25, -0.2) is 0 Å². The van der Waals surface area contributed by atoms with Gasteiger partial charge in [-0.2, -0.15) is 0 Å². The zero-order chi connectivity index (χ0) is 45.9. The molecule has 1 atom stereocenters. The third kappa shape index (κ3) is 34.8. The van der Waals surface area contributed by atoms with Crippen LogP contribution in [0.3, 0.4) is 0 Å². The number of rotatable bonds is 47. The van der Waals surface area contributed by atoms with Gasteiger partial charge >= 0.3 is 11.9 Å². The predicted molar refractivity (Wildman–Crippen MR) is 265 cm³/mol. The molecule has 0 spiro atoms. The summed E-state index contributed by atoms with van der Waals surface area (Å²) in [4.78, 5) is 40.4. The molecule has 0 aromatic rings. The molecule has 0 saturated heterocycles. The molecule has 0 aliphatic carbocycles. The lowest BCUT2D eigenvalue weighted by atomic mass is 9.93. The Balaban J connectivity index is 2.43. The number of unbranched alkanes of at least 4 members (excludes halogenated alkanes) is 21. The van der Waals surface area contributed by atoms with Gasteiger partial charge in [-0.1, -0.05) is 175 Å². The van der Waals surface area contributed by atoms with Crippen molar-refractivity contribution in [1.82, 2.24) is 15.5 Å². The first-order chi connectivity index (χ1) is 30.9. The fraction of sp³-hybridized carbons (Fsp3) is 0.907. The third-order valence-electron chi connectivity index (χ3n) is 13.0. The van der Waals surface area contributed by atoms with Crippen LogP contribution in [0.4, 0.5) is 0 Å². The molecule has 1 unspecified atom stereocenters. The Hall–Kier alpha value is -2.13. The van der Waals surface area contributed by atoms with Crippen LogP contribution >= 0.6 is 0 Å². The van der Waals surface area contributed by atoms with Gasteiger partial charge in [0.2, 0.25) is 5.78 Å². The highest BCUT2D eigenvalue weighted by atomic mass is 16.5. The second kappa shape index (κ2) is 43.7. The molecule has 0 aromatic heterocycles. The van der Waals surface area contributed by atoms with Gasteiger partial charge in [-0.15, -0.1) is 0 Å². The van der Waals surface area contributed by atoms with Crippen molar-refractivity contribution in [2.75, 3.05) is 53.0 Å².